The van der Waals surface area contributed by atoms with Crippen molar-refractivity contribution in [3.8, 4) is 10.6 Å². The van der Waals surface area contributed by atoms with Crippen LogP contribution < -0.4 is 5.06 Å². The highest BCUT2D eigenvalue weighted by molar-refractivity contribution is 9.10. The molecule has 2 aromatic rings. The Morgan fingerprint density at radius 2 is 1.96 bits per heavy atom. The first kappa shape index (κ1) is 17.2. The SMILES string of the molecule is O=C(O)N(OC(=O)C(F)(F)F)c1ccccc1-c1nc(Br)cs1. The molecule has 1 heterocycles. The third kappa shape index (κ3) is 3.99. The molecule has 0 aliphatic carbocycles. The number of para-hydroxylation sites is 1. The molecular formula is C12H6BrF3N2O4S. The summed E-state index contributed by atoms with van der Waals surface area (Å²) in [4.78, 5) is 30.2. The van der Waals surface area contributed by atoms with Gasteiger partial charge in [0.1, 0.15) is 9.61 Å². The molecule has 0 unspecified atom stereocenters. The van der Waals surface area contributed by atoms with Crippen molar-refractivity contribution < 1.29 is 32.7 Å². The van der Waals surface area contributed by atoms with Crippen molar-refractivity contribution in [1.82, 2.24) is 4.98 Å². The van der Waals surface area contributed by atoms with E-state index in [1.165, 1.54) is 18.2 Å². The zero-order valence-corrected chi connectivity index (χ0v) is 13.3. The molecule has 1 aromatic carbocycles. The predicted molar refractivity (Wildman–Crippen MR) is 77.9 cm³/mol. The van der Waals surface area contributed by atoms with E-state index in [4.69, 9.17) is 5.11 Å². The molecule has 1 aromatic heterocycles. The Balaban J connectivity index is 2.45. The summed E-state index contributed by atoms with van der Waals surface area (Å²) in [5, 5.41) is 10.9. The van der Waals surface area contributed by atoms with Gasteiger partial charge in [0.2, 0.25) is 0 Å². The standard InChI is InChI=1S/C12H6BrF3N2O4S/c13-8-5-23-9(17-8)6-3-1-2-4-7(6)18(11(20)21)22-10(19)12(14,15)16/h1-5H,(H,20,21). The van der Waals surface area contributed by atoms with Gasteiger partial charge in [-0.15, -0.1) is 16.4 Å². The summed E-state index contributed by atoms with van der Waals surface area (Å²) in [5.41, 5.74) is -0.0694. The molecule has 0 aliphatic heterocycles. The Bertz CT molecular complexity index is 750. The minimum Gasteiger partial charge on any atom is -0.463 e. The molecule has 0 aliphatic rings. The first-order valence-corrected chi connectivity index (χ1v) is 7.40. The average molecular weight is 411 g/mol. The normalized spacial score (nSPS) is 11.1. The van der Waals surface area contributed by atoms with Gasteiger partial charge in [-0.25, -0.2) is 14.6 Å². The predicted octanol–water partition coefficient (Wildman–Crippen LogP) is 4.08. The van der Waals surface area contributed by atoms with Crippen LogP contribution >= 0.6 is 27.3 Å². The van der Waals surface area contributed by atoms with Crippen LogP contribution in [0.1, 0.15) is 0 Å². The molecule has 6 nitrogen and oxygen atoms in total. The third-order valence-electron chi connectivity index (χ3n) is 2.41. The Morgan fingerprint density at radius 1 is 1.30 bits per heavy atom. The number of halogens is 4. The number of nitrogens with zero attached hydrogens (tertiary/aromatic N) is 2. The van der Waals surface area contributed by atoms with Crippen molar-refractivity contribution in [3.05, 3.63) is 34.2 Å². The van der Waals surface area contributed by atoms with E-state index in [0.29, 0.717) is 9.61 Å². The van der Waals surface area contributed by atoms with Crippen molar-refractivity contribution in [3.63, 3.8) is 0 Å². The zero-order valence-electron chi connectivity index (χ0n) is 10.9. The maximum atomic E-state index is 12.3. The van der Waals surface area contributed by atoms with E-state index in [0.717, 1.165) is 11.3 Å². The van der Waals surface area contributed by atoms with Crippen molar-refractivity contribution in [2.45, 2.75) is 6.18 Å². The fourth-order valence-corrected chi connectivity index (χ4v) is 2.82. The Labute approximate surface area is 139 Å². The molecule has 0 atom stereocenters. The fourth-order valence-electron chi connectivity index (χ4n) is 1.54. The minimum absolute atomic E-state index is 0.138. The van der Waals surface area contributed by atoms with E-state index < -0.39 is 18.2 Å². The number of thiazole rings is 1. The molecule has 0 saturated heterocycles. The van der Waals surface area contributed by atoms with Crippen LogP contribution in [0.25, 0.3) is 10.6 Å². The number of carboxylic acid groups (broad SMARTS) is 1. The topological polar surface area (TPSA) is 79.7 Å². The molecule has 0 saturated carbocycles. The summed E-state index contributed by atoms with van der Waals surface area (Å²) in [6.07, 6.45) is -7.21. The van der Waals surface area contributed by atoms with Gasteiger partial charge in [-0.2, -0.15) is 13.2 Å². The lowest BCUT2D eigenvalue weighted by Gasteiger charge is -2.20. The van der Waals surface area contributed by atoms with Gasteiger partial charge in [0.05, 0.1) is 5.69 Å². The number of hydroxylamine groups is 1. The number of carbonyl (C=O) groups excluding carboxylic acids is 1. The molecule has 1 N–H and O–H groups in total. The smallest absolute Gasteiger partial charge is 0.463 e. The van der Waals surface area contributed by atoms with E-state index in [9.17, 15) is 22.8 Å². The van der Waals surface area contributed by atoms with Crippen molar-refractivity contribution >= 4 is 45.0 Å². The van der Waals surface area contributed by atoms with Gasteiger partial charge in [0.25, 0.3) is 0 Å². The second kappa shape index (κ2) is 6.54. The van der Waals surface area contributed by atoms with Crippen molar-refractivity contribution in [2.24, 2.45) is 0 Å². The van der Waals surface area contributed by atoms with Gasteiger partial charge < -0.3 is 9.94 Å². The van der Waals surface area contributed by atoms with E-state index in [2.05, 4.69) is 25.8 Å². The highest BCUT2D eigenvalue weighted by Crippen LogP contribution is 2.34. The Morgan fingerprint density at radius 3 is 2.48 bits per heavy atom. The number of hydrogen-bond acceptors (Lipinski definition) is 5. The first-order chi connectivity index (χ1) is 10.7. The van der Waals surface area contributed by atoms with Crippen LogP contribution in [-0.2, 0) is 9.63 Å². The lowest BCUT2D eigenvalue weighted by Crippen LogP contribution is -2.38. The highest BCUT2D eigenvalue weighted by atomic mass is 79.9. The monoisotopic (exact) mass is 410 g/mol. The summed E-state index contributed by atoms with van der Waals surface area (Å²) >= 11 is 4.25. The van der Waals surface area contributed by atoms with Gasteiger partial charge in [-0.1, -0.05) is 12.1 Å². The molecule has 0 radical (unpaired) electrons. The second-order valence-corrected chi connectivity index (χ2v) is 5.62. The van der Waals surface area contributed by atoms with E-state index in [1.54, 1.807) is 11.4 Å². The van der Waals surface area contributed by atoms with E-state index in [-0.39, 0.29) is 16.3 Å². The van der Waals surface area contributed by atoms with Gasteiger partial charge in [-0.05, 0) is 28.1 Å². The molecule has 122 valence electrons. The summed E-state index contributed by atoms with van der Waals surface area (Å²) in [6.45, 7) is 0. The maximum absolute atomic E-state index is 12.3. The van der Waals surface area contributed by atoms with Crippen LogP contribution in [0.15, 0.2) is 34.2 Å². The number of alkyl halides is 3. The molecule has 0 spiro atoms. The van der Waals surface area contributed by atoms with Crippen LogP contribution in [0.4, 0.5) is 23.7 Å². The van der Waals surface area contributed by atoms with Crippen LogP contribution in [0.2, 0.25) is 0 Å². The van der Waals surface area contributed by atoms with E-state index in [1.807, 2.05) is 0 Å². The highest BCUT2D eigenvalue weighted by Gasteiger charge is 2.44. The molecule has 0 fully saturated rings. The second-order valence-electron chi connectivity index (χ2n) is 3.95. The number of aromatic nitrogens is 1. The van der Waals surface area contributed by atoms with Crippen LogP contribution in [0, 0.1) is 0 Å². The first-order valence-electron chi connectivity index (χ1n) is 5.72. The fraction of sp³-hybridized carbons (Fsp3) is 0.0833. The number of benzene rings is 1. The number of carbonyl (C=O) groups is 2. The van der Waals surface area contributed by atoms with Gasteiger partial charge in [0.15, 0.2) is 0 Å². The lowest BCUT2D eigenvalue weighted by molar-refractivity contribution is -0.200. The molecule has 0 bridgehead atoms. The lowest BCUT2D eigenvalue weighted by atomic mass is 10.2. The zero-order chi connectivity index (χ0) is 17.2. The summed E-state index contributed by atoms with van der Waals surface area (Å²) in [6, 6.07) is 5.57. The summed E-state index contributed by atoms with van der Waals surface area (Å²) < 4.78 is 37.4. The minimum atomic E-state index is -5.33. The van der Waals surface area contributed by atoms with E-state index >= 15 is 0 Å². The maximum Gasteiger partial charge on any atom is 0.493 e. The quantitative estimate of drug-likeness (QED) is 0.754. The number of rotatable bonds is 2. The molecule has 11 heteroatoms. The number of anilines is 1. The third-order valence-corrected chi connectivity index (χ3v) is 3.99. The molecule has 1 amide bonds. The van der Waals surface area contributed by atoms with Gasteiger partial charge in [-0.3, -0.25) is 0 Å². The van der Waals surface area contributed by atoms with Crippen molar-refractivity contribution in [1.29, 1.82) is 0 Å². The molecule has 2 rings (SSSR count). The number of amides is 1. The van der Waals surface area contributed by atoms with Gasteiger partial charge in [0, 0.05) is 10.9 Å². The number of hydrogen-bond donors (Lipinski definition) is 1. The van der Waals surface area contributed by atoms with Crippen molar-refractivity contribution in [2.75, 3.05) is 5.06 Å². The van der Waals surface area contributed by atoms with Crippen LogP contribution in [-0.4, -0.2) is 28.3 Å². The summed E-state index contributed by atoms with van der Waals surface area (Å²) in [5.74, 6) is -2.64. The summed E-state index contributed by atoms with van der Waals surface area (Å²) in [7, 11) is 0. The molecular weight excluding hydrogens is 405 g/mol. The Kier molecular flexibility index (Phi) is 4.90. The van der Waals surface area contributed by atoms with Crippen LogP contribution in [0.5, 0.6) is 0 Å². The molecule has 23 heavy (non-hydrogen) atoms. The average Bonchev–Trinajstić information content (AvgIpc) is 2.89. The van der Waals surface area contributed by atoms with Crippen LogP contribution in [0.3, 0.4) is 0 Å². The van der Waals surface area contributed by atoms with Gasteiger partial charge >= 0.3 is 18.2 Å². The Hall–Kier alpha value is -2.14. The largest absolute Gasteiger partial charge is 0.493 e.